The van der Waals surface area contributed by atoms with Crippen molar-refractivity contribution < 1.29 is 17.6 Å². The largest absolute Gasteiger partial charge is 0.334 e. The number of halogens is 1. The summed E-state index contributed by atoms with van der Waals surface area (Å²) in [6.45, 7) is 0.598. The molecule has 0 radical (unpaired) electrons. The predicted molar refractivity (Wildman–Crippen MR) is 95.1 cm³/mol. The first kappa shape index (κ1) is 18.0. The van der Waals surface area contributed by atoms with Crippen LogP contribution in [0.15, 0.2) is 34.1 Å². The van der Waals surface area contributed by atoms with Crippen molar-refractivity contribution in [1.82, 2.24) is 24.6 Å². The van der Waals surface area contributed by atoms with Gasteiger partial charge in [-0.2, -0.15) is 19.7 Å². The molecule has 2 atom stereocenters. The van der Waals surface area contributed by atoms with Crippen molar-refractivity contribution in [3.8, 4) is 0 Å². The Bertz CT molecular complexity index is 939. The molecule has 1 N–H and O–H groups in total. The lowest BCUT2D eigenvalue weighted by molar-refractivity contribution is 0.0610. The third-order valence-electron chi connectivity index (χ3n) is 5.25. The van der Waals surface area contributed by atoms with E-state index in [0.29, 0.717) is 25.9 Å². The molecule has 2 bridgehead atoms. The monoisotopic (exact) mass is 394 g/mol. The lowest BCUT2D eigenvalue weighted by Crippen LogP contribution is -2.57. The molecule has 144 valence electrons. The van der Waals surface area contributed by atoms with Gasteiger partial charge in [0.1, 0.15) is 5.83 Å². The van der Waals surface area contributed by atoms with E-state index in [4.69, 9.17) is 0 Å². The molecule has 1 aromatic heterocycles. The number of sulfonamides is 1. The smallest absolute Gasteiger partial charge is 0.276 e. The molecule has 2 aliphatic heterocycles. The number of H-pyrrole nitrogens is 1. The molecule has 9 nitrogen and oxygen atoms in total. The molecule has 27 heavy (non-hydrogen) atoms. The molecule has 2 saturated heterocycles. The Morgan fingerprint density at radius 1 is 1.30 bits per heavy atom. The van der Waals surface area contributed by atoms with Crippen LogP contribution < -0.4 is 0 Å². The van der Waals surface area contributed by atoms with Gasteiger partial charge in [-0.1, -0.05) is 0 Å². The predicted octanol–water partition coefficient (Wildman–Crippen LogP) is 0.635. The number of carbonyl (C=O) groups is 1. The maximum atomic E-state index is 13.7. The molecule has 4 rings (SSSR count). The number of hydrogen-bond acceptors (Lipinski definition) is 6. The highest BCUT2D eigenvalue weighted by molar-refractivity contribution is 7.93. The van der Waals surface area contributed by atoms with Crippen molar-refractivity contribution in [2.24, 2.45) is 4.99 Å². The highest BCUT2D eigenvalue weighted by Crippen LogP contribution is 2.37. The molecule has 3 aliphatic rings. The molecule has 0 saturated carbocycles. The van der Waals surface area contributed by atoms with E-state index < -0.39 is 15.9 Å². The average Bonchev–Trinajstić information content (AvgIpc) is 3.28. The van der Waals surface area contributed by atoms with Gasteiger partial charge in [-0.25, -0.2) is 12.8 Å². The fourth-order valence-electron chi connectivity index (χ4n) is 3.96. The Morgan fingerprint density at radius 3 is 2.59 bits per heavy atom. The number of carbonyl (C=O) groups excluding carboxylic acids is 1. The fraction of sp³-hybridized carbons (Fsp3) is 0.500. The van der Waals surface area contributed by atoms with Crippen LogP contribution in [0.3, 0.4) is 0 Å². The number of aliphatic imine (C=N–C) groups is 1. The Balaban J connectivity index is 1.57. The minimum Gasteiger partial charge on any atom is -0.334 e. The van der Waals surface area contributed by atoms with Crippen molar-refractivity contribution in [2.45, 2.75) is 31.3 Å². The summed E-state index contributed by atoms with van der Waals surface area (Å²) in [7, 11) is -2.32. The number of piperazine rings is 1. The molecule has 1 amide bonds. The van der Waals surface area contributed by atoms with Crippen molar-refractivity contribution in [3.05, 3.63) is 34.8 Å². The van der Waals surface area contributed by atoms with Gasteiger partial charge in [-0.15, -0.1) is 0 Å². The number of nitrogens with one attached hydrogen (secondary N) is 1. The number of allylic oxidation sites excluding steroid dienone is 4. The first-order valence-corrected chi connectivity index (χ1v) is 10.1. The average molecular weight is 394 g/mol. The number of amides is 1. The minimum atomic E-state index is -3.76. The molecule has 0 spiro atoms. The van der Waals surface area contributed by atoms with E-state index in [2.05, 4.69) is 20.4 Å². The van der Waals surface area contributed by atoms with Gasteiger partial charge in [0.15, 0.2) is 5.69 Å². The summed E-state index contributed by atoms with van der Waals surface area (Å²) in [5.41, 5.74) is 0.341. The number of nitrogens with zero attached hydrogens (tertiary/aromatic N) is 5. The Labute approximate surface area is 155 Å². The van der Waals surface area contributed by atoms with Crippen LogP contribution in [0.25, 0.3) is 0 Å². The molecule has 2 unspecified atom stereocenters. The van der Waals surface area contributed by atoms with Gasteiger partial charge < -0.3 is 4.90 Å². The van der Waals surface area contributed by atoms with E-state index in [1.54, 1.807) is 4.90 Å². The maximum absolute atomic E-state index is 13.7. The normalized spacial score (nSPS) is 27.6. The van der Waals surface area contributed by atoms with Crippen LogP contribution in [0, 0.1) is 0 Å². The first-order valence-electron chi connectivity index (χ1n) is 8.62. The number of rotatable bonds is 3. The lowest BCUT2D eigenvalue weighted by Gasteiger charge is -2.40. The maximum Gasteiger partial charge on any atom is 0.276 e. The third kappa shape index (κ3) is 3.00. The molecular formula is C16H19FN6O3S. The molecular weight excluding hydrogens is 375 g/mol. The third-order valence-corrected chi connectivity index (χ3v) is 7.34. The molecule has 1 aliphatic carbocycles. The molecule has 2 fully saturated rings. The zero-order chi connectivity index (χ0) is 19.2. The van der Waals surface area contributed by atoms with Gasteiger partial charge in [0, 0.05) is 38.6 Å². The number of fused-ring (bicyclic) bond motifs is 2. The second-order valence-electron chi connectivity index (χ2n) is 6.78. The molecule has 3 heterocycles. The molecule has 1 aromatic rings. The van der Waals surface area contributed by atoms with Gasteiger partial charge >= 0.3 is 0 Å². The SMILES string of the molecule is CN=C1CC(S(=O)(=O)N2C3CCC2CN(C(=O)c2cn[nH]n2)C3)=CC=C1F. The van der Waals surface area contributed by atoms with Gasteiger partial charge in [-0.05, 0) is 25.0 Å². The van der Waals surface area contributed by atoms with Crippen molar-refractivity contribution >= 4 is 21.6 Å². The summed E-state index contributed by atoms with van der Waals surface area (Å²) in [6, 6.07) is -0.605. The van der Waals surface area contributed by atoms with E-state index in [0.717, 1.165) is 6.08 Å². The van der Waals surface area contributed by atoms with Crippen LogP contribution in [-0.4, -0.2) is 76.9 Å². The van der Waals surface area contributed by atoms with Gasteiger partial charge in [0.2, 0.25) is 10.0 Å². The fourth-order valence-corrected chi connectivity index (χ4v) is 5.92. The first-order chi connectivity index (χ1) is 12.9. The van der Waals surface area contributed by atoms with Crippen LogP contribution in [0.5, 0.6) is 0 Å². The standard InChI is InChI=1S/C16H19FN6O3S/c1-18-14-6-12(4-5-13(14)17)27(25,26)23-10-2-3-11(23)9-22(8-10)16(24)15-7-19-21-20-15/h4-5,7,10-11H,2-3,6,8-9H2,1H3,(H,19,20,21). The van der Waals surface area contributed by atoms with E-state index in [-0.39, 0.29) is 40.7 Å². The number of aromatic nitrogens is 3. The van der Waals surface area contributed by atoms with Gasteiger partial charge in [0.05, 0.1) is 16.8 Å². The van der Waals surface area contributed by atoms with Crippen LogP contribution in [0.1, 0.15) is 29.8 Å². The lowest BCUT2D eigenvalue weighted by atomic mass is 10.1. The quantitative estimate of drug-likeness (QED) is 0.808. The van der Waals surface area contributed by atoms with Crippen LogP contribution in [-0.2, 0) is 10.0 Å². The number of aromatic amines is 1. The summed E-state index contributed by atoms with van der Waals surface area (Å²) in [6.07, 6.45) is 5.11. The summed E-state index contributed by atoms with van der Waals surface area (Å²) in [5, 5.41) is 9.86. The van der Waals surface area contributed by atoms with Gasteiger partial charge in [-0.3, -0.25) is 9.79 Å². The minimum absolute atomic E-state index is 0.0569. The summed E-state index contributed by atoms with van der Waals surface area (Å²) in [5.74, 6) is -0.776. The van der Waals surface area contributed by atoms with Crippen LogP contribution in [0.2, 0.25) is 0 Å². The Kier molecular flexibility index (Phi) is 4.42. The van der Waals surface area contributed by atoms with E-state index in [1.807, 2.05) is 0 Å². The van der Waals surface area contributed by atoms with Crippen molar-refractivity contribution in [3.63, 3.8) is 0 Å². The van der Waals surface area contributed by atoms with Gasteiger partial charge in [0.25, 0.3) is 5.91 Å². The Hall–Kier alpha value is -2.40. The number of likely N-dealkylation sites (tertiary alicyclic amines) is 1. The zero-order valence-electron chi connectivity index (χ0n) is 14.7. The second kappa shape index (κ2) is 6.64. The topological polar surface area (TPSA) is 112 Å². The number of hydrogen-bond donors (Lipinski definition) is 1. The molecule has 0 aromatic carbocycles. The van der Waals surface area contributed by atoms with E-state index in [1.165, 1.54) is 23.6 Å². The van der Waals surface area contributed by atoms with Crippen LogP contribution >= 0.6 is 0 Å². The molecule has 11 heteroatoms. The second-order valence-corrected chi connectivity index (χ2v) is 8.68. The summed E-state index contributed by atoms with van der Waals surface area (Å²) in [4.78, 5) is 18.1. The zero-order valence-corrected chi connectivity index (χ0v) is 15.5. The summed E-state index contributed by atoms with van der Waals surface area (Å²) >= 11 is 0. The Morgan fingerprint density at radius 2 is 2.00 bits per heavy atom. The van der Waals surface area contributed by atoms with Crippen LogP contribution in [0.4, 0.5) is 4.39 Å². The van der Waals surface area contributed by atoms with E-state index in [9.17, 15) is 17.6 Å². The van der Waals surface area contributed by atoms with Crippen molar-refractivity contribution in [2.75, 3.05) is 20.1 Å². The highest BCUT2D eigenvalue weighted by Gasteiger charge is 2.48. The highest BCUT2D eigenvalue weighted by atomic mass is 32.2. The van der Waals surface area contributed by atoms with E-state index >= 15 is 0 Å². The van der Waals surface area contributed by atoms with Crippen molar-refractivity contribution in [1.29, 1.82) is 0 Å². The summed E-state index contributed by atoms with van der Waals surface area (Å²) < 4.78 is 41.6.